The number of benzene rings is 1. The number of aromatic nitrogens is 2. The summed E-state index contributed by atoms with van der Waals surface area (Å²) in [7, 11) is 0. The van der Waals surface area contributed by atoms with Crippen LogP contribution in [0.5, 0.6) is 0 Å². The number of aromatic amines is 1. The van der Waals surface area contributed by atoms with Crippen molar-refractivity contribution in [1.29, 1.82) is 0 Å². The first-order valence-corrected chi connectivity index (χ1v) is 8.65. The second-order valence-corrected chi connectivity index (χ2v) is 6.33. The fourth-order valence-corrected chi connectivity index (χ4v) is 3.45. The van der Waals surface area contributed by atoms with Crippen molar-refractivity contribution < 1.29 is 9.53 Å². The van der Waals surface area contributed by atoms with E-state index in [1.165, 1.54) is 5.56 Å². The number of ether oxygens (including phenoxy) is 1. The number of hydrogen-bond donors (Lipinski definition) is 1. The highest BCUT2D eigenvalue weighted by atomic mass is 16.5. The van der Waals surface area contributed by atoms with Gasteiger partial charge in [-0.2, -0.15) is 0 Å². The van der Waals surface area contributed by atoms with Gasteiger partial charge in [0.1, 0.15) is 0 Å². The molecular weight excluding hydrogens is 314 g/mol. The van der Waals surface area contributed by atoms with Gasteiger partial charge in [-0.3, -0.25) is 9.78 Å². The Kier molecular flexibility index (Phi) is 4.24. The van der Waals surface area contributed by atoms with Crippen molar-refractivity contribution in [2.45, 2.75) is 26.5 Å². The number of nitrogens with zero attached hydrogens (tertiary/aromatic N) is 2. The van der Waals surface area contributed by atoms with Crippen molar-refractivity contribution >= 4 is 16.8 Å². The smallest absolute Gasteiger partial charge is 0.254 e. The molecule has 0 atom stereocenters. The third-order valence-corrected chi connectivity index (χ3v) is 4.78. The number of fused-ring (bicyclic) bond motifs is 2. The van der Waals surface area contributed by atoms with Gasteiger partial charge in [-0.1, -0.05) is 0 Å². The molecule has 0 unspecified atom stereocenters. The summed E-state index contributed by atoms with van der Waals surface area (Å²) in [6, 6.07) is 7.79. The van der Waals surface area contributed by atoms with Crippen LogP contribution in [-0.2, 0) is 24.3 Å². The van der Waals surface area contributed by atoms with Crippen molar-refractivity contribution in [3.05, 3.63) is 65.1 Å². The molecule has 25 heavy (non-hydrogen) atoms. The summed E-state index contributed by atoms with van der Waals surface area (Å²) in [5.41, 5.74) is 5.33. The Hall–Kier alpha value is -2.66. The van der Waals surface area contributed by atoms with Crippen LogP contribution in [0.4, 0.5) is 0 Å². The number of H-pyrrole nitrogens is 1. The van der Waals surface area contributed by atoms with E-state index in [0.29, 0.717) is 19.8 Å². The van der Waals surface area contributed by atoms with Gasteiger partial charge in [0.15, 0.2) is 0 Å². The molecule has 4 rings (SSSR count). The first-order valence-electron chi connectivity index (χ1n) is 8.65. The summed E-state index contributed by atoms with van der Waals surface area (Å²) in [6.07, 6.45) is 6.49. The molecule has 1 aliphatic heterocycles. The van der Waals surface area contributed by atoms with Gasteiger partial charge >= 0.3 is 0 Å². The zero-order valence-electron chi connectivity index (χ0n) is 14.3. The normalized spacial score (nSPS) is 13.9. The lowest BCUT2D eigenvalue weighted by Gasteiger charge is -2.30. The Balaban J connectivity index is 1.56. The maximum Gasteiger partial charge on any atom is 0.254 e. The van der Waals surface area contributed by atoms with E-state index in [0.717, 1.165) is 40.6 Å². The quantitative estimate of drug-likeness (QED) is 0.796. The minimum Gasteiger partial charge on any atom is -0.377 e. The Morgan fingerprint density at radius 3 is 3.12 bits per heavy atom. The van der Waals surface area contributed by atoms with Gasteiger partial charge in [-0.25, -0.2) is 0 Å². The van der Waals surface area contributed by atoms with Crippen molar-refractivity contribution in [2.24, 2.45) is 0 Å². The Labute approximate surface area is 146 Å². The number of carbonyl (C=O) groups excluding carboxylic acids is 1. The molecule has 2 aromatic heterocycles. The van der Waals surface area contributed by atoms with Gasteiger partial charge < -0.3 is 14.6 Å². The highest BCUT2D eigenvalue weighted by molar-refractivity contribution is 5.98. The molecule has 3 heterocycles. The highest BCUT2D eigenvalue weighted by Gasteiger charge is 2.24. The van der Waals surface area contributed by atoms with Crippen LogP contribution in [0.3, 0.4) is 0 Å². The predicted octanol–water partition coefficient (Wildman–Crippen LogP) is 3.30. The molecule has 1 N–H and O–H groups in total. The SMILES string of the molecule is CCOCc1cncc2c1CCN(C(=O)c1ccc3[nH]ccc3c1)C2. The van der Waals surface area contributed by atoms with E-state index in [2.05, 4.69) is 9.97 Å². The average Bonchev–Trinajstić information content (AvgIpc) is 3.13. The largest absolute Gasteiger partial charge is 0.377 e. The fraction of sp³-hybridized carbons (Fsp3) is 0.300. The van der Waals surface area contributed by atoms with Crippen LogP contribution in [0.15, 0.2) is 42.9 Å². The third kappa shape index (κ3) is 3.03. The molecule has 1 aromatic carbocycles. The molecule has 128 valence electrons. The Morgan fingerprint density at radius 2 is 2.24 bits per heavy atom. The number of carbonyl (C=O) groups is 1. The van der Waals surface area contributed by atoms with E-state index in [1.54, 1.807) is 0 Å². The molecule has 5 heteroatoms. The van der Waals surface area contributed by atoms with Crippen molar-refractivity contribution in [2.75, 3.05) is 13.2 Å². The molecule has 0 spiro atoms. The minimum absolute atomic E-state index is 0.0731. The highest BCUT2D eigenvalue weighted by Crippen LogP contribution is 2.24. The number of nitrogens with one attached hydrogen (secondary N) is 1. The molecule has 5 nitrogen and oxygen atoms in total. The van der Waals surface area contributed by atoms with E-state index in [1.807, 2.05) is 54.7 Å². The second-order valence-electron chi connectivity index (χ2n) is 6.33. The minimum atomic E-state index is 0.0731. The molecule has 3 aromatic rings. The molecule has 0 radical (unpaired) electrons. The van der Waals surface area contributed by atoms with Gasteiger partial charge in [0.25, 0.3) is 5.91 Å². The molecule has 0 aliphatic carbocycles. The fourth-order valence-electron chi connectivity index (χ4n) is 3.45. The topological polar surface area (TPSA) is 58.2 Å². The summed E-state index contributed by atoms with van der Waals surface area (Å²) in [4.78, 5) is 22.3. The van der Waals surface area contributed by atoms with E-state index in [4.69, 9.17) is 4.74 Å². The predicted molar refractivity (Wildman–Crippen MR) is 96.3 cm³/mol. The third-order valence-electron chi connectivity index (χ3n) is 4.78. The van der Waals surface area contributed by atoms with E-state index in [9.17, 15) is 4.79 Å². The summed E-state index contributed by atoms with van der Waals surface area (Å²) >= 11 is 0. The Bertz CT molecular complexity index is 916. The average molecular weight is 335 g/mol. The van der Waals surface area contributed by atoms with Crippen molar-refractivity contribution in [3.8, 4) is 0 Å². The van der Waals surface area contributed by atoms with Crippen LogP contribution < -0.4 is 0 Å². The maximum atomic E-state index is 12.9. The van der Waals surface area contributed by atoms with Crippen LogP contribution in [0.2, 0.25) is 0 Å². The zero-order chi connectivity index (χ0) is 17.2. The summed E-state index contributed by atoms with van der Waals surface area (Å²) < 4.78 is 5.54. The first kappa shape index (κ1) is 15.8. The van der Waals surface area contributed by atoms with Crippen LogP contribution in [0.25, 0.3) is 10.9 Å². The molecule has 1 aliphatic rings. The number of pyridine rings is 1. The first-order chi connectivity index (χ1) is 12.3. The lowest BCUT2D eigenvalue weighted by Crippen LogP contribution is -2.36. The van der Waals surface area contributed by atoms with E-state index < -0.39 is 0 Å². The molecule has 0 saturated carbocycles. The maximum absolute atomic E-state index is 12.9. The molecule has 0 bridgehead atoms. The lowest BCUT2D eigenvalue weighted by atomic mass is 9.97. The van der Waals surface area contributed by atoms with Gasteiger partial charge in [0.2, 0.25) is 0 Å². The van der Waals surface area contributed by atoms with Crippen LogP contribution >= 0.6 is 0 Å². The van der Waals surface area contributed by atoms with E-state index in [-0.39, 0.29) is 5.91 Å². The monoisotopic (exact) mass is 335 g/mol. The van der Waals surface area contributed by atoms with Crippen LogP contribution in [0, 0.1) is 0 Å². The van der Waals surface area contributed by atoms with Gasteiger partial charge in [0.05, 0.1) is 6.61 Å². The molecule has 1 amide bonds. The molecule has 0 fully saturated rings. The number of amides is 1. The number of rotatable bonds is 4. The van der Waals surface area contributed by atoms with Gasteiger partial charge in [0, 0.05) is 54.8 Å². The van der Waals surface area contributed by atoms with Crippen molar-refractivity contribution in [1.82, 2.24) is 14.9 Å². The van der Waals surface area contributed by atoms with Crippen LogP contribution in [-0.4, -0.2) is 33.9 Å². The van der Waals surface area contributed by atoms with E-state index >= 15 is 0 Å². The lowest BCUT2D eigenvalue weighted by molar-refractivity contribution is 0.0733. The molecular formula is C20H21N3O2. The summed E-state index contributed by atoms with van der Waals surface area (Å²) in [5.74, 6) is 0.0731. The second kappa shape index (κ2) is 6.69. The zero-order valence-corrected chi connectivity index (χ0v) is 14.3. The van der Waals surface area contributed by atoms with Gasteiger partial charge in [-0.05, 0) is 54.3 Å². The molecule has 0 saturated heterocycles. The van der Waals surface area contributed by atoms with Gasteiger partial charge in [-0.15, -0.1) is 0 Å². The standard InChI is InChI=1S/C20H21N3O2/c1-2-25-13-17-11-21-10-16-12-23(8-6-18(16)17)20(24)15-3-4-19-14(9-15)5-7-22-19/h3-5,7,9-11,22H,2,6,8,12-13H2,1H3. The summed E-state index contributed by atoms with van der Waals surface area (Å²) in [6.45, 7) is 4.59. The van der Waals surface area contributed by atoms with Crippen molar-refractivity contribution in [3.63, 3.8) is 0 Å². The summed E-state index contributed by atoms with van der Waals surface area (Å²) in [5, 5.41) is 1.06. The Morgan fingerprint density at radius 1 is 1.32 bits per heavy atom. The number of hydrogen-bond acceptors (Lipinski definition) is 3. The van der Waals surface area contributed by atoms with Crippen LogP contribution in [0.1, 0.15) is 34.0 Å².